The fourth-order valence-corrected chi connectivity index (χ4v) is 1.41. The van der Waals surface area contributed by atoms with E-state index < -0.39 is 0 Å². The molecule has 1 fully saturated rings. The van der Waals surface area contributed by atoms with Crippen molar-refractivity contribution in [1.82, 2.24) is 5.48 Å². The summed E-state index contributed by atoms with van der Waals surface area (Å²) >= 11 is 0. The van der Waals surface area contributed by atoms with Crippen molar-refractivity contribution in [2.24, 2.45) is 10.7 Å². The largest absolute Gasteiger partial charge is 0.368 e. The fraction of sp³-hybridized carbons (Fsp3) is 0.667. The molecule has 4 heteroatoms. The van der Waals surface area contributed by atoms with Crippen molar-refractivity contribution in [3.63, 3.8) is 0 Å². The average molecular weight is 181 g/mol. The molecule has 0 saturated heterocycles. The highest BCUT2D eigenvalue weighted by Gasteiger charge is 2.13. The summed E-state index contributed by atoms with van der Waals surface area (Å²) < 4.78 is 0. The number of nitrogens with two attached hydrogens (primary N) is 1. The number of nitrogens with zero attached hydrogens (tertiary/aromatic N) is 1. The van der Waals surface area contributed by atoms with Gasteiger partial charge in [-0.15, -0.1) is 6.42 Å². The lowest BCUT2D eigenvalue weighted by Crippen LogP contribution is -2.33. The van der Waals surface area contributed by atoms with E-state index >= 15 is 0 Å². The van der Waals surface area contributed by atoms with Crippen molar-refractivity contribution in [2.45, 2.75) is 31.7 Å². The van der Waals surface area contributed by atoms with Gasteiger partial charge in [0.15, 0.2) is 0 Å². The molecule has 0 unspecified atom stereocenters. The van der Waals surface area contributed by atoms with E-state index in [1.165, 1.54) is 12.8 Å². The summed E-state index contributed by atoms with van der Waals surface area (Å²) in [5.74, 6) is 2.64. The number of terminal acetylenes is 1. The van der Waals surface area contributed by atoms with Gasteiger partial charge in [0.2, 0.25) is 5.96 Å². The van der Waals surface area contributed by atoms with E-state index in [0.29, 0.717) is 12.0 Å². The van der Waals surface area contributed by atoms with Crippen LogP contribution in [0.25, 0.3) is 0 Å². The van der Waals surface area contributed by atoms with Gasteiger partial charge in [-0.2, -0.15) is 0 Å². The molecule has 0 heterocycles. The van der Waals surface area contributed by atoms with Gasteiger partial charge in [-0.1, -0.05) is 18.8 Å². The van der Waals surface area contributed by atoms with Gasteiger partial charge in [0.25, 0.3) is 0 Å². The van der Waals surface area contributed by atoms with E-state index in [1.807, 2.05) is 0 Å². The summed E-state index contributed by atoms with van der Waals surface area (Å²) in [6, 6.07) is 0.363. The van der Waals surface area contributed by atoms with E-state index in [4.69, 9.17) is 17.0 Å². The van der Waals surface area contributed by atoms with Gasteiger partial charge in [0.05, 0.1) is 6.04 Å². The molecule has 0 bridgehead atoms. The van der Waals surface area contributed by atoms with Gasteiger partial charge in [0, 0.05) is 0 Å². The highest BCUT2D eigenvalue weighted by atomic mass is 16.6. The van der Waals surface area contributed by atoms with Crippen LogP contribution in [0.4, 0.5) is 0 Å². The third-order valence-corrected chi connectivity index (χ3v) is 1.98. The molecular weight excluding hydrogens is 166 g/mol. The summed E-state index contributed by atoms with van der Waals surface area (Å²) in [6.45, 7) is 0.195. The van der Waals surface area contributed by atoms with Crippen LogP contribution in [0.5, 0.6) is 0 Å². The second-order valence-corrected chi connectivity index (χ2v) is 3.05. The lowest BCUT2D eigenvalue weighted by Gasteiger charge is -2.06. The maximum absolute atomic E-state index is 5.54. The summed E-state index contributed by atoms with van der Waals surface area (Å²) in [5.41, 5.74) is 8.04. The Morgan fingerprint density at radius 3 is 2.92 bits per heavy atom. The number of aliphatic imine (C=N–C) groups is 1. The Bertz CT molecular complexity index is 213. The zero-order valence-electron chi connectivity index (χ0n) is 7.62. The van der Waals surface area contributed by atoms with Crippen molar-refractivity contribution in [3.8, 4) is 12.3 Å². The minimum atomic E-state index is 0.195. The first kappa shape index (κ1) is 9.87. The highest BCUT2D eigenvalue weighted by molar-refractivity contribution is 5.76. The van der Waals surface area contributed by atoms with Crippen LogP contribution in [-0.2, 0) is 4.84 Å². The van der Waals surface area contributed by atoms with Crippen molar-refractivity contribution in [1.29, 1.82) is 0 Å². The van der Waals surface area contributed by atoms with Crippen LogP contribution < -0.4 is 11.2 Å². The first-order chi connectivity index (χ1) is 6.33. The Morgan fingerprint density at radius 1 is 1.62 bits per heavy atom. The summed E-state index contributed by atoms with van der Waals surface area (Å²) in [4.78, 5) is 9.05. The quantitative estimate of drug-likeness (QED) is 0.218. The Kier molecular flexibility index (Phi) is 4.13. The molecule has 1 saturated carbocycles. The van der Waals surface area contributed by atoms with Crippen LogP contribution in [0.15, 0.2) is 4.99 Å². The van der Waals surface area contributed by atoms with E-state index in [0.717, 1.165) is 12.8 Å². The van der Waals surface area contributed by atoms with Crippen molar-refractivity contribution in [3.05, 3.63) is 0 Å². The van der Waals surface area contributed by atoms with E-state index in [2.05, 4.69) is 16.4 Å². The number of rotatable bonds is 3. The molecule has 0 atom stereocenters. The van der Waals surface area contributed by atoms with Crippen LogP contribution in [0.2, 0.25) is 0 Å². The molecule has 0 amide bonds. The Balaban J connectivity index is 2.21. The average Bonchev–Trinajstić information content (AvgIpc) is 2.57. The maximum Gasteiger partial charge on any atom is 0.213 e. The van der Waals surface area contributed by atoms with Crippen molar-refractivity contribution in [2.75, 3.05) is 6.61 Å². The predicted molar refractivity (Wildman–Crippen MR) is 51.8 cm³/mol. The van der Waals surface area contributed by atoms with Gasteiger partial charge < -0.3 is 5.73 Å². The Morgan fingerprint density at radius 2 is 2.31 bits per heavy atom. The molecule has 13 heavy (non-hydrogen) atoms. The highest BCUT2D eigenvalue weighted by Crippen LogP contribution is 2.20. The number of guanidine groups is 1. The Hall–Kier alpha value is -1.21. The predicted octanol–water partition coefficient (Wildman–Crippen LogP) is 0.398. The monoisotopic (exact) mass is 181 g/mol. The molecule has 1 aliphatic rings. The number of hydroxylamine groups is 1. The van der Waals surface area contributed by atoms with Gasteiger partial charge in [-0.05, 0) is 12.8 Å². The standard InChI is InChI=1S/C9H15N3O/c1-2-7-13-12-9(10)11-8-5-3-4-6-8/h1,8H,3-7H2,(H3,10,11,12). The topological polar surface area (TPSA) is 59.6 Å². The molecule has 0 aromatic carbocycles. The third-order valence-electron chi connectivity index (χ3n) is 1.98. The first-order valence-electron chi connectivity index (χ1n) is 4.47. The second-order valence-electron chi connectivity index (χ2n) is 3.05. The zero-order chi connectivity index (χ0) is 9.52. The minimum absolute atomic E-state index is 0.195. The molecule has 72 valence electrons. The second kappa shape index (κ2) is 5.44. The maximum atomic E-state index is 5.54. The van der Waals surface area contributed by atoms with Gasteiger partial charge in [0.1, 0.15) is 6.61 Å². The van der Waals surface area contributed by atoms with Gasteiger partial charge >= 0.3 is 0 Å². The first-order valence-corrected chi connectivity index (χ1v) is 4.47. The number of hydrogen-bond donors (Lipinski definition) is 2. The summed E-state index contributed by atoms with van der Waals surface area (Å²) in [5, 5.41) is 0. The third kappa shape index (κ3) is 3.81. The van der Waals surface area contributed by atoms with E-state index in [1.54, 1.807) is 0 Å². The molecule has 0 aromatic rings. The van der Waals surface area contributed by atoms with E-state index in [9.17, 15) is 0 Å². The molecule has 1 aliphatic carbocycles. The molecule has 3 N–H and O–H groups in total. The Labute approximate surface area is 78.5 Å². The molecule has 0 radical (unpaired) electrons. The molecular formula is C9H15N3O. The lowest BCUT2D eigenvalue weighted by molar-refractivity contribution is 0.113. The SMILES string of the molecule is C#CCONC(N)=NC1CCCC1. The minimum Gasteiger partial charge on any atom is -0.368 e. The van der Waals surface area contributed by atoms with Crippen LogP contribution in [0.1, 0.15) is 25.7 Å². The van der Waals surface area contributed by atoms with Crippen LogP contribution in [0.3, 0.4) is 0 Å². The van der Waals surface area contributed by atoms with Gasteiger partial charge in [-0.3, -0.25) is 4.84 Å². The van der Waals surface area contributed by atoms with Crippen molar-refractivity contribution >= 4 is 5.96 Å². The smallest absolute Gasteiger partial charge is 0.213 e. The fourth-order valence-electron chi connectivity index (χ4n) is 1.41. The lowest BCUT2D eigenvalue weighted by atomic mass is 10.3. The van der Waals surface area contributed by atoms with Crippen LogP contribution in [-0.4, -0.2) is 18.6 Å². The molecule has 1 rings (SSSR count). The molecule has 0 spiro atoms. The summed E-state index contributed by atoms with van der Waals surface area (Å²) in [6.07, 6.45) is 9.71. The molecule has 0 aliphatic heterocycles. The normalized spacial score (nSPS) is 18.5. The van der Waals surface area contributed by atoms with E-state index in [-0.39, 0.29) is 6.61 Å². The summed E-state index contributed by atoms with van der Waals surface area (Å²) in [7, 11) is 0. The number of hydrogen-bond acceptors (Lipinski definition) is 2. The van der Waals surface area contributed by atoms with Crippen molar-refractivity contribution < 1.29 is 4.84 Å². The van der Waals surface area contributed by atoms with Crippen LogP contribution >= 0.6 is 0 Å². The molecule has 0 aromatic heterocycles. The van der Waals surface area contributed by atoms with Crippen LogP contribution in [0, 0.1) is 12.3 Å². The van der Waals surface area contributed by atoms with Gasteiger partial charge in [-0.25, -0.2) is 10.5 Å². The molecule has 4 nitrogen and oxygen atoms in total. The number of nitrogens with one attached hydrogen (secondary N) is 1. The zero-order valence-corrected chi connectivity index (χ0v) is 7.62.